The molecule has 9 rings (SSSR count). The number of rotatable bonds is 4. The summed E-state index contributed by atoms with van der Waals surface area (Å²) in [5.41, 5.74) is 16.2. The second kappa shape index (κ2) is 12.9. The molecule has 0 amide bonds. The standard InChI is InChI=1S/C44H30N4.Li.H/c1-5-13-29(14-6-1)41-33-21-23-35(45-33)42(30-15-7-2-8-16-30)37-25-27-39(47-37)44(32-19-11-4-12-20-32)40-28-26-38(48-40)43(31-17-9-3-10-18-31)36-24-22-34(41)46-36;;/h1-28,45,48H;;. The summed E-state index contributed by atoms with van der Waals surface area (Å²) in [4.78, 5) is 18.3. The summed E-state index contributed by atoms with van der Waals surface area (Å²) in [5, 5.41) is 0. The molecule has 0 saturated carbocycles. The van der Waals surface area contributed by atoms with Crippen molar-refractivity contribution in [2.75, 3.05) is 0 Å². The Morgan fingerprint density at radius 2 is 0.510 bits per heavy atom. The summed E-state index contributed by atoms with van der Waals surface area (Å²) in [6.45, 7) is 0. The maximum absolute atomic E-state index is 5.35. The molecule has 2 N–H and O–H groups in total. The molecule has 0 radical (unpaired) electrons. The molecule has 2 aliphatic rings. The first-order valence-corrected chi connectivity index (χ1v) is 16.2. The first-order chi connectivity index (χ1) is 23.8. The van der Waals surface area contributed by atoms with Crippen molar-refractivity contribution in [3.05, 3.63) is 168 Å². The zero-order valence-corrected chi connectivity index (χ0v) is 26.1. The third kappa shape index (κ3) is 5.58. The van der Waals surface area contributed by atoms with Crippen LogP contribution in [0.1, 0.15) is 22.8 Å². The fraction of sp³-hybridized carbons (Fsp3) is 0. The summed E-state index contributed by atoms with van der Waals surface area (Å²) in [7, 11) is 0. The molecule has 4 aromatic carbocycles. The molecule has 5 heteroatoms. The van der Waals surface area contributed by atoms with E-state index >= 15 is 0 Å². The van der Waals surface area contributed by atoms with Gasteiger partial charge in [-0.05, 0) is 70.8 Å². The van der Waals surface area contributed by atoms with Crippen LogP contribution < -0.4 is 0 Å². The molecule has 0 spiro atoms. The van der Waals surface area contributed by atoms with E-state index < -0.39 is 0 Å². The van der Waals surface area contributed by atoms with Gasteiger partial charge in [-0.3, -0.25) is 0 Å². The van der Waals surface area contributed by atoms with E-state index in [1.165, 1.54) is 0 Å². The van der Waals surface area contributed by atoms with Gasteiger partial charge in [0.05, 0.1) is 22.8 Å². The van der Waals surface area contributed by atoms with Crippen LogP contribution in [0.2, 0.25) is 0 Å². The number of aromatic amines is 2. The molecule has 7 aromatic rings. The Kier molecular flexibility index (Phi) is 8.03. The molecule has 0 aliphatic carbocycles. The fourth-order valence-corrected chi connectivity index (χ4v) is 6.84. The molecule has 0 saturated heterocycles. The topological polar surface area (TPSA) is 57.4 Å². The second-order valence-electron chi connectivity index (χ2n) is 12.0. The predicted octanol–water partition coefficient (Wildman–Crippen LogP) is 10.7. The third-order valence-corrected chi connectivity index (χ3v) is 9.00. The molecule has 3 aromatic heterocycles. The minimum absolute atomic E-state index is 0. The Hall–Kier alpha value is -5.92. The van der Waals surface area contributed by atoms with Gasteiger partial charge in [0.15, 0.2) is 0 Å². The van der Waals surface area contributed by atoms with Gasteiger partial charge in [-0.2, -0.15) is 0 Å². The zero-order chi connectivity index (χ0) is 31.9. The van der Waals surface area contributed by atoms with E-state index in [1.54, 1.807) is 0 Å². The van der Waals surface area contributed by atoms with Crippen LogP contribution >= 0.6 is 0 Å². The van der Waals surface area contributed by atoms with E-state index in [9.17, 15) is 0 Å². The van der Waals surface area contributed by atoms with E-state index in [0.717, 1.165) is 89.4 Å². The quantitative estimate of drug-likeness (QED) is 0.192. The van der Waals surface area contributed by atoms with E-state index in [4.69, 9.17) is 9.97 Å². The van der Waals surface area contributed by atoms with Gasteiger partial charge in [-0.15, -0.1) is 0 Å². The Bertz CT molecular complexity index is 2180. The van der Waals surface area contributed by atoms with Gasteiger partial charge in [0.25, 0.3) is 0 Å². The molecule has 5 heterocycles. The van der Waals surface area contributed by atoms with Crippen LogP contribution in [0.25, 0.3) is 90.9 Å². The molecular weight excluding hydrogens is 591 g/mol. The maximum atomic E-state index is 5.35. The Labute approximate surface area is 296 Å². The molecule has 0 fully saturated rings. The number of H-pyrrole nitrogens is 2. The summed E-state index contributed by atoms with van der Waals surface area (Å²) in [5.74, 6) is 0. The van der Waals surface area contributed by atoms with Crippen molar-refractivity contribution in [1.82, 2.24) is 19.9 Å². The van der Waals surface area contributed by atoms with Crippen molar-refractivity contribution in [1.29, 1.82) is 0 Å². The van der Waals surface area contributed by atoms with Gasteiger partial charge < -0.3 is 9.97 Å². The monoisotopic (exact) mass is 622 g/mol. The normalized spacial score (nSPS) is 11.8. The molecule has 228 valence electrons. The number of benzene rings is 4. The molecule has 4 nitrogen and oxygen atoms in total. The molecule has 0 atom stereocenters. The van der Waals surface area contributed by atoms with Crippen molar-refractivity contribution in [3.63, 3.8) is 0 Å². The van der Waals surface area contributed by atoms with Crippen molar-refractivity contribution in [3.8, 4) is 44.5 Å². The van der Waals surface area contributed by atoms with Gasteiger partial charge in [-0.1, -0.05) is 121 Å². The first kappa shape index (κ1) is 30.4. The van der Waals surface area contributed by atoms with Crippen molar-refractivity contribution in [2.24, 2.45) is 0 Å². The molecule has 0 unspecified atom stereocenters. The summed E-state index contributed by atoms with van der Waals surface area (Å²) >= 11 is 0. The molecule has 49 heavy (non-hydrogen) atoms. The Balaban J connectivity index is 0.00000348. The Morgan fingerprint density at radius 1 is 0.286 bits per heavy atom. The number of hydrogen-bond acceptors (Lipinski definition) is 2. The van der Waals surface area contributed by atoms with E-state index in [0.29, 0.717) is 0 Å². The fourth-order valence-electron chi connectivity index (χ4n) is 6.84. The zero-order valence-electron chi connectivity index (χ0n) is 26.1. The number of nitrogens with one attached hydrogen (secondary N) is 2. The SMILES string of the molecule is C1=Cc2nc1c(-c1ccccc1)c1ccc([nH]1)c(-c1ccccc1)c1nc(c(-c3ccccc3)c3ccc([nH]3)c2-c2ccccc2)C=C1.[LiH]. The van der Waals surface area contributed by atoms with Crippen molar-refractivity contribution < 1.29 is 0 Å². The van der Waals surface area contributed by atoms with Crippen LogP contribution in [0, 0.1) is 0 Å². The third-order valence-electron chi connectivity index (χ3n) is 9.00. The number of hydrogen-bond donors (Lipinski definition) is 2. The number of fused-ring (bicyclic) bond motifs is 8. The van der Waals surface area contributed by atoms with Crippen LogP contribution in [0.15, 0.2) is 146 Å². The average Bonchev–Trinajstić information content (AvgIpc) is 3.98. The van der Waals surface area contributed by atoms with Crippen LogP contribution in [-0.4, -0.2) is 38.8 Å². The van der Waals surface area contributed by atoms with Gasteiger partial charge >= 0.3 is 18.9 Å². The molecule has 2 aliphatic heterocycles. The van der Waals surface area contributed by atoms with Gasteiger partial charge in [-0.25, -0.2) is 9.97 Å². The van der Waals surface area contributed by atoms with Gasteiger partial charge in [0.1, 0.15) is 0 Å². The number of aromatic nitrogens is 4. The van der Waals surface area contributed by atoms with E-state index in [-0.39, 0.29) is 18.9 Å². The second-order valence-corrected chi connectivity index (χ2v) is 12.0. The summed E-state index contributed by atoms with van der Waals surface area (Å²) in [6, 6.07) is 50.7. The summed E-state index contributed by atoms with van der Waals surface area (Å²) in [6.07, 6.45) is 8.54. The van der Waals surface area contributed by atoms with E-state index in [2.05, 4.69) is 156 Å². The summed E-state index contributed by atoms with van der Waals surface area (Å²) < 4.78 is 0. The molecule has 8 bridgehead atoms. The van der Waals surface area contributed by atoms with Crippen molar-refractivity contribution >= 4 is 65.2 Å². The van der Waals surface area contributed by atoms with Gasteiger partial charge in [0, 0.05) is 44.3 Å². The predicted molar refractivity (Wildman–Crippen MR) is 208 cm³/mol. The first-order valence-electron chi connectivity index (χ1n) is 16.2. The van der Waals surface area contributed by atoms with Gasteiger partial charge in [0.2, 0.25) is 0 Å². The van der Waals surface area contributed by atoms with Crippen LogP contribution in [0.3, 0.4) is 0 Å². The number of nitrogens with zero attached hydrogens (tertiary/aromatic N) is 2. The van der Waals surface area contributed by atoms with Crippen LogP contribution in [-0.2, 0) is 0 Å². The molecular formula is C44H31LiN4. The van der Waals surface area contributed by atoms with E-state index in [1.807, 2.05) is 24.3 Å². The van der Waals surface area contributed by atoms with Crippen molar-refractivity contribution in [2.45, 2.75) is 0 Å². The minimum atomic E-state index is 0. The Morgan fingerprint density at radius 3 is 0.735 bits per heavy atom. The van der Waals surface area contributed by atoms with Crippen LogP contribution in [0.4, 0.5) is 0 Å². The average molecular weight is 623 g/mol. The van der Waals surface area contributed by atoms with Crippen LogP contribution in [0.5, 0.6) is 0 Å².